The lowest BCUT2D eigenvalue weighted by molar-refractivity contribution is -0.0449. The van der Waals surface area contributed by atoms with Crippen LogP contribution in [-0.2, 0) is 4.74 Å². The Bertz CT molecular complexity index is 672. The third-order valence-electron chi connectivity index (χ3n) is 3.12. The topological polar surface area (TPSA) is 96.2 Å². The number of nitrogens with one attached hydrogen (secondary N) is 1. The molecule has 1 aliphatic heterocycles. The largest absolute Gasteiger partial charge is 0.394 e. The van der Waals surface area contributed by atoms with Gasteiger partial charge in [0.1, 0.15) is 22.5 Å². The molecule has 2 aromatic rings. The van der Waals surface area contributed by atoms with Crippen molar-refractivity contribution < 1.29 is 14.9 Å². The summed E-state index contributed by atoms with van der Waals surface area (Å²) < 4.78 is 7.45. The third-order valence-corrected chi connectivity index (χ3v) is 3.79. The van der Waals surface area contributed by atoms with Crippen molar-refractivity contribution in [3.05, 3.63) is 16.3 Å². The van der Waals surface area contributed by atoms with Crippen LogP contribution in [0.15, 0.2) is 6.33 Å². The van der Waals surface area contributed by atoms with Gasteiger partial charge in [0.2, 0.25) is 5.28 Å². The van der Waals surface area contributed by atoms with Crippen molar-refractivity contribution >= 4 is 35.0 Å². The first-order valence-electron chi connectivity index (χ1n) is 5.67. The minimum Gasteiger partial charge on any atom is -0.394 e. The molecule has 0 spiro atoms. The minimum absolute atomic E-state index is 0.139. The highest BCUT2D eigenvalue weighted by atomic mass is 35.5. The SMILES string of the molecule is OC[C@H]1OC(n2c(Cl)nc3nc[nH]c3c2=S)C[C@@H]1O. The van der Waals surface area contributed by atoms with Crippen LogP contribution in [0.3, 0.4) is 0 Å². The normalized spacial score (nSPS) is 27.2. The number of aliphatic hydroxyl groups is 2. The lowest BCUT2D eigenvalue weighted by atomic mass is 10.2. The zero-order chi connectivity index (χ0) is 13.6. The molecular weight excluding hydrogens is 292 g/mol. The summed E-state index contributed by atoms with van der Waals surface area (Å²) in [4.78, 5) is 11.0. The first-order valence-corrected chi connectivity index (χ1v) is 6.46. The van der Waals surface area contributed by atoms with Gasteiger partial charge >= 0.3 is 0 Å². The second-order valence-electron chi connectivity index (χ2n) is 4.27. The summed E-state index contributed by atoms with van der Waals surface area (Å²) >= 11 is 11.4. The van der Waals surface area contributed by atoms with Gasteiger partial charge in [0, 0.05) is 6.42 Å². The number of aromatic amines is 1. The Hall–Kier alpha value is -1.06. The van der Waals surface area contributed by atoms with E-state index in [4.69, 9.17) is 33.7 Å². The number of ether oxygens (including phenoxy) is 1. The Balaban J connectivity index is 2.08. The average molecular weight is 303 g/mol. The smallest absolute Gasteiger partial charge is 0.208 e. The van der Waals surface area contributed by atoms with E-state index in [1.807, 2.05) is 0 Å². The summed E-state index contributed by atoms with van der Waals surface area (Å²) in [6.45, 7) is -0.262. The van der Waals surface area contributed by atoms with Gasteiger partial charge in [0.05, 0.1) is 19.0 Å². The first kappa shape index (κ1) is 12.9. The second-order valence-corrected chi connectivity index (χ2v) is 5.00. The van der Waals surface area contributed by atoms with E-state index in [1.165, 1.54) is 10.9 Å². The maximum Gasteiger partial charge on any atom is 0.208 e. The molecule has 2 aromatic heterocycles. The van der Waals surface area contributed by atoms with E-state index in [-0.39, 0.29) is 11.9 Å². The van der Waals surface area contributed by atoms with Crippen molar-refractivity contribution in [3.8, 4) is 0 Å². The Labute approximate surface area is 117 Å². The molecule has 0 amide bonds. The molecule has 102 valence electrons. The molecule has 1 saturated heterocycles. The van der Waals surface area contributed by atoms with Crippen LogP contribution in [0.2, 0.25) is 5.28 Å². The average Bonchev–Trinajstić information content (AvgIpc) is 2.95. The van der Waals surface area contributed by atoms with Crippen molar-refractivity contribution in [1.82, 2.24) is 19.5 Å². The molecule has 1 unspecified atom stereocenters. The molecule has 0 saturated carbocycles. The van der Waals surface area contributed by atoms with Gasteiger partial charge in [-0.15, -0.1) is 0 Å². The molecule has 9 heteroatoms. The van der Waals surface area contributed by atoms with Crippen LogP contribution in [0.1, 0.15) is 12.6 Å². The number of rotatable bonds is 2. The molecule has 0 aliphatic carbocycles. The first-order chi connectivity index (χ1) is 9.11. The molecule has 1 aliphatic rings. The van der Waals surface area contributed by atoms with Crippen LogP contribution in [0.25, 0.3) is 11.2 Å². The molecule has 0 aromatic carbocycles. The van der Waals surface area contributed by atoms with Gasteiger partial charge in [-0.25, -0.2) is 4.98 Å². The maximum absolute atomic E-state index is 9.76. The van der Waals surface area contributed by atoms with Crippen molar-refractivity contribution in [2.45, 2.75) is 24.9 Å². The summed E-state index contributed by atoms with van der Waals surface area (Å²) in [5.74, 6) is 0. The Morgan fingerprint density at radius 3 is 3.11 bits per heavy atom. The quantitative estimate of drug-likeness (QED) is 0.560. The van der Waals surface area contributed by atoms with E-state index < -0.39 is 18.4 Å². The van der Waals surface area contributed by atoms with Gasteiger partial charge in [-0.1, -0.05) is 12.2 Å². The van der Waals surface area contributed by atoms with Crippen LogP contribution in [0.4, 0.5) is 0 Å². The van der Waals surface area contributed by atoms with Gasteiger partial charge in [0.25, 0.3) is 0 Å². The molecule has 19 heavy (non-hydrogen) atoms. The number of halogens is 1. The third kappa shape index (κ3) is 2.05. The maximum atomic E-state index is 9.76. The molecular formula is C10H11ClN4O3S. The Kier molecular flexibility index (Phi) is 3.27. The van der Waals surface area contributed by atoms with Crippen LogP contribution in [0, 0.1) is 4.64 Å². The van der Waals surface area contributed by atoms with Gasteiger partial charge < -0.3 is 19.9 Å². The lowest BCUT2D eigenvalue weighted by Gasteiger charge is -2.16. The fourth-order valence-electron chi connectivity index (χ4n) is 2.16. The summed E-state index contributed by atoms with van der Waals surface area (Å²) in [5, 5.41) is 19.0. The highest BCUT2D eigenvalue weighted by Crippen LogP contribution is 2.31. The predicted molar refractivity (Wildman–Crippen MR) is 69.3 cm³/mol. The van der Waals surface area contributed by atoms with E-state index in [2.05, 4.69) is 15.0 Å². The summed E-state index contributed by atoms with van der Waals surface area (Å²) in [5.41, 5.74) is 1.02. The summed E-state index contributed by atoms with van der Waals surface area (Å²) in [6, 6.07) is 0. The molecule has 3 rings (SSSR count). The Morgan fingerprint density at radius 2 is 2.42 bits per heavy atom. The van der Waals surface area contributed by atoms with E-state index in [1.54, 1.807) is 0 Å². The van der Waals surface area contributed by atoms with Crippen LogP contribution < -0.4 is 0 Å². The number of fused-ring (bicyclic) bond motifs is 1. The molecule has 0 radical (unpaired) electrons. The molecule has 3 atom stereocenters. The van der Waals surface area contributed by atoms with Crippen LogP contribution in [-0.4, -0.2) is 48.5 Å². The number of imidazole rings is 1. The van der Waals surface area contributed by atoms with Crippen molar-refractivity contribution in [2.24, 2.45) is 0 Å². The van der Waals surface area contributed by atoms with Crippen LogP contribution in [0.5, 0.6) is 0 Å². The predicted octanol–water partition coefficient (Wildman–Crippen LogP) is 0.783. The second kappa shape index (κ2) is 4.80. The van der Waals surface area contributed by atoms with Gasteiger partial charge in [-0.2, -0.15) is 4.98 Å². The van der Waals surface area contributed by atoms with E-state index >= 15 is 0 Å². The fourth-order valence-corrected chi connectivity index (χ4v) is 2.84. The number of aliphatic hydroxyl groups excluding tert-OH is 2. The van der Waals surface area contributed by atoms with Crippen molar-refractivity contribution in [3.63, 3.8) is 0 Å². The zero-order valence-corrected chi connectivity index (χ0v) is 11.2. The molecule has 0 bridgehead atoms. The zero-order valence-electron chi connectivity index (χ0n) is 9.65. The van der Waals surface area contributed by atoms with Gasteiger partial charge in [-0.05, 0) is 11.6 Å². The number of nitrogens with zero attached hydrogens (tertiary/aromatic N) is 3. The Morgan fingerprint density at radius 1 is 1.63 bits per heavy atom. The highest BCUT2D eigenvalue weighted by molar-refractivity contribution is 7.71. The van der Waals surface area contributed by atoms with Crippen molar-refractivity contribution in [1.29, 1.82) is 0 Å². The van der Waals surface area contributed by atoms with Gasteiger partial charge in [-0.3, -0.25) is 4.57 Å². The molecule has 3 heterocycles. The summed E-state index contributed by atoms with van der Waals surface area (Å²) in [6.07, 6.45) is -0.173. The summed E-state index contributed by atoms with van der Waals surface area (Å²) in [7, 11) is 0. The number of H-pyrrole nitrogens is 1. The van der Waals surface area contributed by atoms with Gasteiger partial charge in [0.15, 0.2) is 5.65 Å². The van der Waals surface area contributed by atoms with Crippen LogP contribution >= 0.6 is 23.8 Å². The number of aromatic nitrogens is 4. The van der Waals surface area contributed by atoms with E-state index in [0.717, 1.165) is 0 Å². The number of hydrogen-bond acceptors (Lipinski definition) is 6. The fraction of sp³-hybridized carbons (Fsp3) is 0.500. The number of hydrogen-bond donors (Lipinski definition) is 3. The van der Waals surface area contributed by atoms with Crippen molar-refractivity contribution in [2.75, 3.05) is 6.61 Å². The van der Waals surface area contributed by atoms with E-state index in [0.29, 0.717) is 22.2 Å². The monoisotopic (exact) mass is 302 g/mol. The molecule has 3 N–H and O–H groups in total. The highest BCUT2D eigenvalue weighted by Gasteiger charge is 2.35. The lowest BCUT2D eigenvalue weighted by Crippen LogP contribution is -2.24. The minimum atomic E-state index is -0.759. The van der Waals surface area contributed by atoms with E-state index in [9.17, 15) is 5.11 Å². The molecule has 7 nitrogen and oxygen atoms in total. The molecule has 1 fully saturated rings. The standard InChI is InChI=1S/C10H11ClN4O3S/c11-10-14-8-7(12-3-13-8)9(19)15(10)6-1-4(17)5(2-16)18-6/h3-6,16-17H,1-2H2,(H,12,13)/t4-,5+,6?/m0/s1.